The fraction of sp³-hybridized carbons (Fsp3) is 0. The van der Waals surface area contributed by atoms with Gasteiger partial charge in [0.05, 0.1) is 16.8 Å². The summed E-state index contributed by atoms with van der Waals surface area (Å²) in [5.74, 6) is -1.67. The summed E-state index contributed by atoms with van der Waals surface area (Å²) in [4.78, 5) is 34.0. The molecule has 10 heteroatoms. The van der Waals surface area contributed by atoms with Crippen molar-refractivity contribution in [3.63, 3.8) is 0 Å². The minimum absolute atomic E-state index is 0.0131. The molecule has 0 fully saturated rings. The number of aromatic nitrogens is 3. The Hall–Kier alpha value is -4.21. The fourth-order valence-electron chi connectivity index (χ4n) is 2.23. The first-order valence-electron chi connectivity index (χ1n) is 7.63. The highest BCUT2D eigenvalue weighted by Crippen LogP contribution is 2.21. The number of primary amides is 1. The van der Waals surface area contributed by atoms with Gasteiger partial charge in [0.25, 0.3) is 5.91 Å². The molecule has 136 valence electrons. The molecule has 27 heavy (non-hydrogen) atoms. The van der Waals surface area contributed by atoms with E-state index in [4.69, 9.17) is 10.8 Å². The molecule has 0 spiro atoms. The quantitative estimate of drug-likeness (QED) is 0.438. The SMILES string of the molecule is NC(=O)c1ccccc1Nc1nc(O)nc(Nc2ccc(C(=O)O)cc2)n1. The van der Waals surface area contributed by atoms with Crippen LogP contribution in [0.3, 0.4) is 0 Å². The van der Waals surface area contributed by atoms with E-state index in [1.165, 1.54) is 30.3 Å². The van der Waals surface area contributed by atoms with Crippen molar-refractivity contribution < 1.29 is 19.8 Å². The first kappa shape index (κ1) is 17.6. The molecular formula is C17H14N6O4. The van der Waals surface area contributed by atoms with E-state index >= 15 is 0 Å². The maximum absolute atomic E-state index is 11.5. The Morgan fingerprint density at radius 3 is 2.15 bits per heavy atom. The predicted octanol–water partition coefficient (Wildman–Crippen LogP) is 1.86. The summed E-state index contributed by atoms with van der Waals surface area (Å²) < 4.78 is 0. The number of aromatic hydroxyl groups is 1. The minimum Gasteiger partial charge on any atom is -0.479 e. The van der Waals surface area contributed by atoms with E-state index in [0.717, 1.165) is 0 Å². The van der Waals surface area contributed by atoms with Crippen LogP contribution in [0.15, 0.2) is 48.5 Å². The standard InChI is InChI=1S/C17H14N6O4/c18-13(24)11-3-1-2-4-12(11)20-16-21-15(22-17(27)23-16)19-10-7-5-9(6-8-10)14(25)26/h1-8H,(H2,18,24)(H,25,26)(H3,19,20,21,22,23,27). The molecule has 0 saturated carbocycles. The zero-order chi connectivity index (χ0) is 19.4. The van der Waals surface area contributed by atoms with Crippen molar-refractivity contribution in [2.75, 3.05) is 10.6 Å². The molecule has 1 heterocycles. The lowest BCUT2D eigenvalue weighted by molar-refractivity contribution is 0.0696. The van der Waals surface area contributed by atoms with Crippen LogP contribution in [0.5, 0.6) is 6.01 Å². The topological polar surface area (TPSA) is 163 Å². The van der Waals surface area contributed by atoms with Gasteiger partial charge in [0, 0.05) is 5.69 Å². The lowest BCUT2D eigenvalue weighted by atomic mass is 10.1. The van der Waals surface area contributed by atoms with Crippen LogP contribution in [-0.2, 0) is 0 Å². The van der Waals surface area contributed by atoms with Crippen molar-refractivity contribution in [1.82, 2.24) is 15.0 Å². The van der Waals surface area contributed by atoms with Gasteiger partial charge in [0.2, 0.25) is 11.9 Å². The van der Waals surface area contributed by atoms with Crippen molar-refractivity contribution in [3.8, 4) is 6.01 Å². The number of rotatable bonds is 6. The first-order valence-corrected chi connectivity index (χ1v) is 7.63. The highest BCUT2D eigenvalue weighted by atomic mass is 16.4. The molecule has 2 aromatic carbocycles. The number of anilines is 4. The lowest BCUT2D eigenvalue weighted by Crippen LogP contribution is -2.13. The molecule has 0 bridgehead atoms. The van der Waals surface area contributed by atoms with Crippen LogP contribution in [0.2, 0.25) is 0 Å². The molecule has 0 saturated heterocycles. The Bertz CT molecular complexity index is 1010. The van der Waals surface area contributed by atoms with E-state index in [9.17, 15) is 14.7 Å². The van der Waals surface area contributed by atoms with Crippen molar-refractivity contribution in [2.45, 2.75) is 0 Å². The van der Waals surface area contributed by atoms with E-state index in [1.54, 1.807) is 18.2 Å². The van der Waals surface area contributed by atoms with Crippen molar-refractivity contribution in [3.05, 3.63) is 59.7 Å². The number of hydrogen-bond donors (Lipinski definition) is 5. The Kier molecular flexibility index (Phi) is 4.79. The molecule has 0 atom stereocenters. The van der Waals surface area contributed by atoms with Crippen LogP contribution < -0.4 is 16.4 Å². The molecular weight excluding hydrogens is 352 g/mol. The number of carbonyl (C=O) groups excluding carboxylic acids is 1. The molecule has 6 N–H and O–H groups in total. The molecule has 3 aromatic rings. The molecule has 0 aliphatic carbocycles. The monoisotopic (exact) mass is 366 g/mol. The maximum Gasteiger partial charge on any atom is 0.335 e. The average Bonchev–Trinajstić information content (AvgIpc) is 2.62. The van der Waals surface area contributed by atoms with Crippen molar-refractivity contribution in [2.24, 2.45) is 5.73 Å². The van der Waals surface area contributed by atoms with Crippen LogP contribution in [0.1, 0.15) is 20.7 Å². The van der Waals surface area contributed by atoms with Gasteiger partial charge in [-0.2, -0.15) is 15.0 Å². The van der Waals surface area contributed by atoms with E-state index in [2.05, 4.69) is 25.6 Å². The zero-order valence-corrected chi connectivity index (χ0v) is 13.7. The van der Waals surface area contributed by atoms with Gasteiger partial charge in [0.1, 0.15) is 0 Å². The first-order chi connectivity index (χ1) is 12.9. The summed E-state index contributed by atoms with van der Waals surface area (Å²) >= 11 is 0. The van der Waals surface area contributed by atoms with Crippen molar-refractivity contribution >= 4 is 35.1 Å². The van der Waals surface area contributed by atoms with Gasteiger partial charge in [-0.3, -0.25) is 4.79 Å². The number of aromatic carboxylic acids is 1. The number of carboxylic acids is 1. The van der Waals surface area contributed by atoms with Crippen LogP contribution in [-0.4, -0.2) is 37.0 Å². The Balaban J connectivity index is 1.84. The third-order valence-corrected chi connectivity index (χ3v) is 3.45. The second-order valence-electron chi connectivity index (χ2n) is 5.32. The second-order valence-corrected chi connectivity index (χ2v) is 5.32. The summed E-state index contributed by atoms with van der Waals surface area (Å²) in [5, 5.41) is 24.3. The summed E-state index contributed by atoms with van der Waals surface area (Å²) in [6.07, 6.45) is 0. The Morgan fingerprint density at radius 2 is 1.52 bits per heavy atom. The van der Waals surface area contributed by atoms with Gasteiger partial charge in [-0.25, -0.2) is 4.79 Å². The van der Waals surface area contributed by atoms with Crippen LogP contribution >= 0.6 is 0 Å². The largest absolute Gasteiger partial charge is 0.479 e. The number of carboxylic acid groups (broad SMARTS) is 1. The van der Waals surface area contributed by atoms with E-state index < -0.39 is 17.9 Å². The van der Waals surface area contributed by atoms with Crippen molar-refractivity contribution in [1.29, 1.82) is 0 Å². The highest BCUT2D eigenvalue weighted by Gasteiger charge is 2.11. The Morgan fingerprint density at radius 1 is 0.889 bits per heavy atom. The average molecular weight is 366 g/mol. The van der Waals surface area contributed by atoms with Gasteiger partial charge in [-0.05, 0) is 36.4 Å². The summed E-state index contributed by atoms with van der Waals surface area (Å²) in [7, 11) is 0. The molecule has 3 rings (SSSR count). The van der Waals surface area contributed by atoms with Crippen LogP contribution in [0, 0.1) is 0 Å². The number of para-hydroxylation sites is 1. The molecule has 1 aromatic heterocycles. The van der Waals surface area contributed by atoms with Gasteiger partial charge < -0.3 is 26.6 Å². The second kappa shape index (κ2) is 7.35. The molecule has 0 aliphatic rings. The van der Waals surface area contributed by atoms with E-state index in [1.807, 2.05) is 0 Å². The molecule has 1 amide bonds. The number of nitrogens with zero attached hydrogens (tertiary/aromatic N) is 3. The number of amides is 1. The van der Waals surface area contributed by atoms with E-state index in [0.29, 0.717) is 11.4 Å². The maximum atomic E-state index is 11.5. The minimum atomic E-state index is -1.04. The van der Waals surface area contributed by atoms with Gasteiger partial charge >= 0.3 is 12.0 Å². The summed E-state index contributed by atoms with van der Waals surface area (Å²) in [5.41, 5.74) is 6.57. The normalized spacial score (nSPS) is 10.2. The predicted molar refractivity (Wildman–Crippen MR) is 96.4 cm³/mol. The fourth-order valence-corrected chi connectivity index (χ4v) is 2.23. The third-order valence-electron chi connectivity index (χ3n) is 3.45. The summed E-state index contributed by atoms with van der Waals surface area (Å²) in [6.45, 7) is 0. The smallest absolute Gasteiger partial charge is 0.335 e. The van der Waals surface area contributed by atoms with E-state index in [-0.39, 0.29) is 23.0 Å². The van der Waals surface area contributed by atoms with Crippen LogP contribution in [0.4, 0.5) is 23.3 Å². The summed E-state index contributed by atoms with van der Waals surface area (Å²) in [6, 6.07) is 11.8. The van der Waals surface area contributed by atoms with Gasteiger partial charge in [-0.1, -0.05) is 12.1 Å². The third kappa shape index (κ3) is 4.25. The zero-order valence-electron chi connectivity index (χ0n) is 13.7. The molecule has 10 nitrogen and oxygen atoms in total. The van der Waals surface area contributed by atoms with Gasteiger partial charge in [0.15, 0.2) is 0 Å². The van der Waals surface area contributed by atoms with Crippen LogP contribution in [0.25, 0.3) is 0 Å². The number of carbonyl (C=O) groups is 2. The number of hydrogen-bond acceptors (Lipinski definition) is 8. The molecule has 0 aliphatic heterocycles. The molecule has 0 unspecified atom stereocenters. The van der Waals surface area contributed by atoms with Gasteiger partial charge in [-0.15, -0.1) is 0 Å². The lowest BCUT2D eigenvalue weighted by Gasteiger charge is -2.10. The number of nitrogens with two attached hydrogens (primary N) is 1. The number of benzene rings is 2. The molecule has 0 radical (unpaired) electrons. The number of nitrogens with one attached hydrogen (secondary N) is 2. The Labute approximate surface area is 152 Å². The highest BCUT2D eigenvalue weighted by molar-refractivity contribution is 5.99.